The van der Waals surface area contributed by atoms with E-state index in [4.69, 9.17) is 5.11 Å². The lowest BCUT2D eigenvalue weighted by Crippen LogP contribution is -2.35. The Kier molecular flexibility index (Phi) is 3.74. The van der Waals surface area contributed by atoms with Crippen LogP contribution in [-0.2, 0) is 9.59 Å². The third-order valence-corrected chi connectivity index (χ3v) is 5.70. The number of carbonyl (C=O) groups excluding carboxylic acids is 1. The molecule has 2 saturated carbocycles. The van der Waals surface area contributed by atoms with E-state index in [1.54, 1.807) is 0 Å². The van der Waals surface area contributed by atoms with E-state index in [9.17, 15) is 9.59 Å². The molecule has 3 aliphatic rings. The molecule has 20 heavy (non-hydrogen) atoms. The average molecular weight is 279 g/mol. The molecule has 1 spiro atoms. The van der Waals surface area contributed by atoms with E-state index in [1.807, 2.05) is 4.90 Å². The van der Waals surface area contributed by atoms with Crippen molar-refractivity contribution in [3.8, 4) is 0 Å². The molecule has 4 nitrogen and oxygen atoms in total. The van der Waals surface area contributed by atoms with Gasteiger partial charge in [0.1, 0.15) is 0 Å². The van der Waals surface area contributed by atoms with E-state index >= 15 is 0 Å². The minimum Gasteiger partial charge on any atom is -0.481 e. The summed E-state index contributed by atoms with van der Waals surface area (Å²) in [7, 11) is 0. The third-order valence-electron chi connectivity index (χ3n) is 5.70. The van der Waals surface area contributed by atoms with Crippen molar-refractivity contribution in [2.24, 2.45) is 17.3 Å². The van der Waals surface area contributed by atoms with Crippen LogP contribution >= 0.6 is 0 Å². The lowest BCUT2D eigenvalue weighted by Gasteiger charge is -2.36. The maximum Gasteiger partial charge on any atom is 0.307 e. The van der Waals surface area contributed by atoms with Crippen molar-refractivity contribution in [2.75, 3.05) is 13.1 Å². The van der Waals surface area contributed by atoms with Gasteiger partial charge in [0.25, 0.3) is 0 Å². The molecule has 2 unspecified atom stereocenters. The molecule has 0 radical (unpaired) electrons. The normalized spacial score (nSPS) is 32.7. The molecule has 1 heterocycles. The third kappa shape index (κ3) is 2.70. The summed E-state index contributed by atoms with van der Waals surface area (Å²) < 4.78 is 0. The van der Waals surface area contributed by atoms with E-state index in [0.29, 0.717) is 11.8 Å². The SMILES string of the molecule is O=C(O)C1CC1C(=O)N1CCCC2(CCCCC2)CC1. The van der Waals surface area contributed by atoms with Gasteiger partial charge in [-0.1, -0.05) is 19.3 Å². The summed E-state index contributed by atoms with van der Waals surface area (Å²) in [5, 5.41) is 8.95. The van der Waals surface area contributed by atoms with Crippen molar-refractivity contribution in [3.63, 3.8) is 0 Å². The smallest absolute Gasteiger partial charge is 0.307 e. The molecule has 1 aliphatic heterocycles. The number of aliphatic carboxylic acids is 1. The summed E-state index contributed by atoms with van der Waals surface area (Å²) >= 11 is 0. The van der Waals surface area contributed by atoms with Crippen LogP contribution in [0.1, 0.15) is 57.8 Å². The van der Waals surface area contributed by atoms with Gasteiger partial charge in [-0.05, 0) is 43.9 Å². The van der Waals surface area contributed by atoms with Gasteiger partial charge in [-0.2, -0.15) is 0 Å². The summed E-state index contributed by atoms with van der Waals surface area (Å²) in [6.07, 6.45) is 10.7. The quantitative estimate of drug-likeness (QED) is 0.845. The molecule has 0 bridgehead atoms. The number of amides is 1. The standard InChI is InChI=1S/C16H25NO3/c18-14(12-11-13(12)15(19)20)17-9-4-7-16(8-10-17)5-2-1-3-6-16/h12-13H,1-11H2,(H,19,20). The van der Waals surface area contributed by atoms with Gasteiger partial charge in [0.2, 0.25) is 5.91 Å². The highest BCUT2D eigenvalue weighted by Crippen LogP contribution is 2.45. The van der Waals surface area contributed by atoms with Crippen LogP contribution in [0.4, 0.5) is 0 Å². The van der Waals surface area contributed by atoms with Crippen LogP contribution in [0.5, 0.6) is 0 Å². The van der Waals surface area contributed by atoms with Gasteiger partial charge < -0.3 is 10.0 Å². The van der Waals surface area contributed by atoms with Crippen LogP contribution in [-0.4, -0.2) is 35.0 Å². The van der Waals surface area contributed by atoms with Crippen LogP contribution in [0, 0.1) is 17.3 Å². The number of hydrogen-bond donors (Lipinski definition) is 1. The van der Waals surface area contributed by atoms with Crippen LogP contribution in [0.3, 0.4) is 0 Å². The van der Waals surface area contributed by atoms with Crippen molar-refractivity contribution in [1.29, 1.82) is 0 Å². The molecule has 3 fully saturated rings. The zero-order valence-corrected chi connectivity index (χ0v) is 12.1. The first-order chi connectivity index (χ1) is 9.61. The Morgan fingerprint density at radius 1 is 0.900 bits per heavy atom. The molecule has 0 aromatic carbocycles. The fourth-order valence-electron chi connectivity index (χ4n) is 4.25. The summed E-state index contributed by atoms with van der Waals surface area (Å²) in [6, 6.07) is 0. The van der Waals surface area contributed by atoms with Gasteiger partial charge in [0.05, 0.1) is 11.8 Å². The van der Waals surface area contributed by atoms with Gasteiger partial charge in [-0.25, -0.2) is 0 Å². The fraction of sp³-hybridized carbons (Fsp3) is 0.875. The van der Waals surface area contributed by atoms with E-state index in [1.165, 1.54) is 38.5 Å². The molecule has 1 amide bonds. The number of likely N-dealkylation sites (tertiary alicyclic amines) is 1. The minimum absolute atomic E-state index is 0.102. The average Bonchev–Trinajstić information content (AvgIpc) is 3.24. The minimum atomic E-state index is -0.804. The first-order valence-corrected chi connectivity index (χ1v) is 8.13. The summed E-state index contributed by atoms with van der Waals surface area (Å²) in [6.45, 7) is 1.69. The van der Waals surface area contributed by atoms with Crippen LogP contribution in [0.15, 0.2) is 0 Å². The van der Waals surface area contributed by atoms with Crippen molar-refractivity contribution in [2.45, 2.75) is 57.8 Å². The summed E-state index contributed by atoms with van der Waals surface area (Å²) in [4.78, 5) is 25.2. The Balaban J connectivity index is 1.57. The lowest BCUT2D eigenvalue weighted by molar-refractivity contribution is -0.142. The first-order valence-electron chi connectivity index (χ1n) is 8.13. The highest BCUT2D eigenvalue weighted by atomic mass is 16.4. The monoisotopic (exact) mass is 279 g/mol. The molecule has 112 valence electrons. The Morgan fingerprint density at radius 3 is 2.25 bits per heavy atom. The second-order valence-corrected chi connectivity index (χ2v) is 7.03. The Hall–Kier alpha value is -1.06. The second kappa shape index (κ2) is 5.38. The second-order valence-electron chi connectivity index (χ2n) is 7.03. The molecule has 4 heteroatoms. The Bertz CT molecular complexity index is 401. The van der Waals surface area contributed by atoms with E-state index < -0.39 is 11.9 Å². The Morgan fingerprint density at radius 2 is 1.60 bits per heavy atom. The molecule has 1 saturated heterocycles. The van der Waals surface area contributed by atoms with Crippen molar-refractivity contribution >= 4 is 11.9 Å². The molecule has 1 N–H and O–H groups in total. The number of rotatable bonds is 2. The number of carbonyl (C=O) groups is 2. The molecule has 2 aliphatic carbocycles. The molecule has 3 rings (SSSR count). The zero-order valence-electron chi connectivity index (χ0n) is 12.1. The summed E-state index contributed by atoms with van der Waals surface area (Å²) in [5.41, 5.74) is 0.489. The van der Waals surface area contributed by atoms with Crippen molar-refractivity contribution in [3.05, 3.63) is 0 Å². The van der Waals surface area contributed by atoms with Crippen molar-refractivity contribution < 1.29 is 14.7 Å². The highest BCUT2D eigenvalue weighted by molar-refractivity contribution is 5.89. The van der Waals surface area contributed by atoms with Crippen LogP contribution in [0.2, 0.25) is 0 Å². The maximum atomic E-state index is 12.4. The lowest BCUT2D eigenvalue weighted by atomic mass is 9.69. The van der Waals surface area contributed by atoms with Gasteiger partial charge in [-0.3, -0.25) is 9.59 Å². The predicted molar refractivity (Wildman–Crippen MR) is 75.2 cm³/mol. The maximum absolute atomic E-state index is 12.4. The van der Waals surface area contributed by atoms with Gasteiger partial charge >= 0.3 is 5.97 Å². The molecule has 0 aromatic rings. The van der Waals surface area contributed by atoms with Crippen LogP contribution in [0.25, 0.3) is 0 Å². The van der Waals surface area contributed by atoms with Crippen LogP contribution < -0.4 is 0 Å². The van der Waals surface area contributed by atoms with Gasteiger partial charge in [-0.15, -0.1) is 0 Å². The Labute approximate surface area is 120 Å². The topological polar surface area (TPSA) is 57.6 Å². The molecular formula is C16H25NO3. The van der Waals surface area contributed by atoms with E-state index in [-0.39, 0.29) is 11.8 Å². The first kappa shape index (κ1) is 13.9. The molecular weight excluding hydrogens is 254 g/mol. The number of hydrogen-bond acceptors (Lipinski definition) is 2. The van der Waals surface area contributed by atoms with Gasteiger partial charge in [0, 0.05) is 13.1 Å². The predicted octanol–water partition coefficient (Wildman–Crippen LogP) is 2.67. The van der Waals surface area contributed by atoms with E-state index in [2.05, 4.69) is 0 Å². The number of nitrogens with zero attached hydrogens (tertiary/aromatic N) is 1. The van der Waals surface area contributed by atoms with E-state index in [0.717, 1.165) is 25.9 Å². The molecule has 0 aromatic heterocycles. The van der Waals surface area contributed by atoms with Gasteiger partial charge in [0.15, 0.2) is 0 Å². The number of carboxylic acid groups (broad SMARTS) is 1. The highest BCUT2D eigenvalue weighted by Gasteiger charge is 2.50. The number of carboxylic acids is 1. The largest absolute Gasteiger partial charge is 0.481 e. The summed E-state index contributed by atoms with van der Waals surface area (Å²) in [5.74, 6) is -1.34. The fourth-order valence-corrected chi connectivity index (χ4v) is 4.25. The zero-order chi connectivity index (χ0) is 14.2. The van der Waals surface area contributed by atoms with Crippen molar-refractivity contribution in [1.82, 2.24) is 4.90 Å². The molecule has 2 atom stereocenters.